The second-order valence-electron chi connectivity index (χ2n) is 5.82. The Hall–Kier alpha value is -2.60. The van der Waals surface area contributed by atoms with Crippen molar-refractivity contribution in [2.75, 3.05) is 0 Å². The van der Waals surface area contributed by atoms with Crippen molar-refractivity contribution in [1.29, 1.82) is 0 Å². The van der Waals surface area contributed by atoms with E-state index in [1.54, 1.807) is 18.3 Å². The van der Waals surface area contributed by atoms with Gasteiger partial charge in [-0.3, -0.25) is 9.59 Å². The number of halogens is 1. The molecule has 1 aliphatic rings. The lowest BCUT2D eigenvalue weighted by molar-refractivity contribution is 0.0900. The third-order valence-electron chi connectivity index (χ3n) is 4.18. The van der Waals surface area contributed by atoms with Crippen LogP contribution in [0.15, 0.2) is 45.9 Å². The summed E-state index contributed by atoms with van der Waals surface area (Å²) in [5, 5.41) is 3.73. The normalized spacial score (nSPS) is 16.8. The highest BCUT2D eigenvalue weighted by Gasteiger charge is 2.22. The van der Waals surface area contributed by atoms with Gasteiger partial charge in [0.1, 0.15) is 11.4 Å². The molecule has 0 radical (unpaired) electrons. The number of fused-ring (bicyclic) bond motifs is 2. The largest absolute Gasteiger partial charge is 0.451 e. The van der Waals surface area contributed by atoms with Gasteiger partial charge in [-0.05, 0) is 24.6 Å². The van der Waals surface area contributed by atoms with E-state index in [9.17, 15) is 9.59 Å². The van der Waals surface area contributed by atoms with Gasteiger partial charge in [0.25, 0.3) is 5.91 Å². The molecule has 0 aliphatic carbocycles. The molecule has 1 N–H and O–H groups in total. The van der Waals surface area contributed by atoms with E-state index in [4.69, 9.17) is 16.0 Å². The van der Waals surface area contributed by atoms with Crippen LogP contribution in [0.1, 0.15) is 22.8 Å². The fraction of sp³-hybridized carbons (Fsp3) is 0.235. The molecular formula is C17H14ClN3O3. The molecule has 0 spiro atoms. The monoisotopic (exact) mass is 343 g/mol. The molecule has 3 heterocycles. The number of aromatic nitrogens is 2. The zero-order valence-corrected chi connectivity index (χ0v) is 13.4. The molecule has 1 atom stereocenters. The highest BCUT2D eigenvalue weighted by molar-refractivity contribution is 6.31. The van der Waals surface area contributed by atoms with Gasteiger partial charge in [-0.15, -0.1) is 0 Å². The fourth-order valence-electron chi connectivity index (χ4n) is 2.98. The van der Waals surface area contributed by atoms with Crippen LogP contribution in [0.25, 0.3) is 11.0 Å². The summed E-state index contributed by atoms with van der Waals surface area (Å²) in [5.41, 5.74) is 0.0574. The van der Waals surface area contributed by atoms with Crippen molar-refractivity contribution in [1.82, 2.24) is 14.9 Å². The Balaban J connectivity index is 1.58. The summed E-state index contributed by atoms with van der Waals surface area (Å²) in [6, 6.07) is 5.93. The predicted molar refractivity (Wildman–Crippen MR) is 89.3 cm³/mol. The van der Waals surface area contributed by atoms with Crippen molar-refractivity contribution >= 4 is 28.5 Å². The first-order chi connectivity index (χ1) is 11.6. The molecule has 1 amide bonds. The molecule has 4 rings (SSSR count). The Morgan fingerprint density at radius 3 is 3.12 bits per heavy atom. The molecule has 0 saturated carbocycles. The van der Waals surface area contributed by atoms with Gasteiger partial charge >= 0.3 is 0 Å². The third kappa shape index (κ3) is 2.69. The van der Waals surface area contributed by atoms with Gasteiger partial charge in [-0.1, -0.05) is 11.6 Å². The average Bonchev–Trinajstić information content (AvgIpc) is 3.03. The number of hydrogen-bond acceptors (Lipinski definition) is 4. The van der Waals surface area contributed by atoms with Crippen molar-refractivity contribution in [2.45, 2.75) is 25.4 Å². The quantitative estimate of drug-likeness (QED) is 0.775. The van der Waals surface area contributed by atoms with Crippen LogP contribution in [0.2, 0.25) is 5.02 Å². The second-order valence-corrected chi connectivity index (χ2v) is 6.26. The van der Waals surface area contributed by atoms with Gasteiger partial charge in [-0.25, -0.2) is 4.98 Å². The van der Waals surface area contributed by atoms with Crippen molar-refractivity contribution in [3.63, 3.8) is 0 Å². The van der Waals surface area contributed by atoms with E-state index in [-0.39, 0.29) is 17.2 Å². The molecule has 1 aromatic carbocycles. The zero-order valence-electron chi connectivity index (χ0n) is 12.7. The van der Waals surface area contributed by atoms with Crippen molar-refractivity contribution in [3.05, 3.63) is 63.5 Å². The Kier molecular flexibility index (Phi) is 3.61. The summed E-state index contributed by atoms with van der Waals surface area (Å²) in [4.78, 5) is 28.9. The van der Waals surface area contributed by atoms with Crippen LogP contribution in [0.5, 0.6) is 0 Å². The number of nitrogens with zero attached hydrogens (tertiary/aromatic N) is 2. The summed E-state index contributed by atoms with van der Waals surface area (Å²) in [5.74, 6) is 0.637. The van der Waals surface area contributed by atoms with Crippen LogP contribution in [0.4, 0.5) is 0 Å². The number of hydrogen-bond donors (Lipinski definition) is 1. The highest BCUT2D eigenvalue weighted by atomic mass is 35.5. The highest BCUT2D eigenvalue weighted by Crippen LogP contribution is 2.18. The second kappa shape index (κ2) is 5.79. The number of nitrogens with one attached hydrogen (secondary N) is 1. The lowest BCUT2D eigenvalue weighted by Crippen LogP contribution is -2.41. The first kappa shape index (κ1) is 15.0. The van der Waals surface area contributed by atoms with E-state index < -0.39 is 5.91 Å². The molecule has 0 bridgehead atoms. The maximum absolute atomic E-state index is 12.4. The van der Waals surface area contributed by atoms with Crippen LogP contribution in [-0.4, -0.2) is 21.5 Å². The SMILES string of the molecule is O=C(N[C@@H]1CCc2nccn2C1)c1cc(=O)c2cc(Cl)ccc2o1. The van der Waals surface area contributed by atoms with Gasteiger partial charge < -0.3 is 14.3 Å². The first-order valence-corrected chi connectivity index (χ1v) is 8.02. The molecule has 7 heteroatoms. The lowest BCUT2D eigenvalue weighted by Gasteiger charge is -2.24. The molecule has 0 unspecified atom stereocenters. The third-order valence-corrected chi connectivity index (χ3v) is 4.42. The van der Waals surface area contributed by atoms with Crippen molar-refractivity contribution in [3.8, 4) is 0 Å². The number of imidazole rings is 1. The van der Waals surface area contributed by atoms with Crippen LogP contribution in [-0.2, 0) is 13.0 Å². The summed E-state index contributed by atoms with van der Waals surface area (Å²) in [6.07, 6.45) is 5.26. The molecule has 6 nitrogen and oxygen atoms in total. The van der Waals surface area contributed by atoms with E-state index in [1.165, 1.54) is 12.1 Å². The number of carbonyl (C=O) groups excluding carboxylic acids is 1. The minimum atomic E-state index is -0.391. The van der Waals surface area contributed by atoms with Crippen LogP contribution < -0.4 is 10.7 Å². The van der Waals surface area contributed by atoms with Gasteiger partial charge in [0, 0.05) is 42.5 Å². The van der Waals surface area contributed by atoms with E-state index in [0.717, 1.165) is 18.7 Å². The molecule has 2 aromatic heterocycles. The molecule has 24 heavy (non-hydrogen) atoms. The molecule has 0 fully saturated rings. The number of amides is 1. The Morgan fingerprint density at radius 2 is 2.25 bits per heavy atom. The lowest BCUT2D eigenvalue weighted by atomic mass is 10.1. The molecule has 1 aliphatic heterocycles. The van der Waals surface area contributed by atoms with Gasteiger partial charge in [0.15, 0.2) is 11.2 Å². The maximum Gasteiger partial charge on any atom is 0.287 e. The number of rotatable bonds is 2. The average molecular weight is 344 g/mol. The predicted octanol–water partition coefficient (Wildman–Crippen LogP) is 2.39. The number of aryl methyl sites for hydroxylation is 1. The van der Waals surface area contributed by atoms with Gasteiger partial charge in [-0.2, -0.15) is 0 Å². The molecular weight excluding hydrogens is 330 g/mol. The Morgan fingerprint density at radius 1 is 1.38 bits per heavy atom. The minimum absolute atomic E-state index is 0.00579. The van der Waals surface area contributed by atoms with E-state index >= 15 is 0 Å². The van der Waals surface area contributed by atoms with Gasteiger partial charge in [0.05, 0.1) is 5.39 Å². The van der Waals surface area contributed by atoms with Crippen molar-refractivity contribution < 1.29 is 9.21 Å². The molecule has 3 aromatic rings. The molecule has 0 saturated heterocycles. The number of carbonyl (C=O) groups is 1. The summed E-state index contributed by atoms with van der Waals surface area (Å²) < 4.78 is 7.59. The van der Waals surface area contributed by atoms with Crippen LogP contribution in [0, 0.1) is 0 Å². The van der Waals surface area contributed by atoms with E-state index in [2.05, 4.69) is 10.3 Å². The minimum Gasteiger partial charge on any atom is -0.451 e. The first-order valence-electron chi connectivity index (χ1n) is 7.64. The van der Waals surface area contributed by atoms with Crippen molar-refractivity contribution in [2.24, 2.45) is 0 Å². The maximum atomic E-state index is 12.4. The van der Waals surface area contributed by atoms with E-state index in [0.29, 0.717) is 22.5 Å². The summed E-state index contributed by atoms with van der Waals surface area (Å²) in [7, 11) is 0. The standard InChI is InChI=1S/C17H14ClN3O3/c18-10-1-3-14-12(7-10)13(22)8-15(24-14)17(23)20-11-2-4-16-19-5-6-21(16)9-11/h1,3,5-8,11H,2,4,9H2,(H,20,23)/t11-/m1/s1. The Bertz CT molecular complexity index is 992. The number of benzene rings is 1. The van der Waals surface area contributed by atoms with Crippen LogP contribution in [0.3, 0.4) is 0 Å². The smallest absolute Gasteiger partial charge is 0.287 e. The molecule has 122 valence electrons. The van der Waals surface area contributed by atoms with Crippen LogP contribution >= 0.6 is 11.6 Å². The Labute approximate surface area is 142 Å². The summed E-state index contributed by atoms with van der Waals surface area (Å²) in [6.45, 7) is 0.661. The summed E-state index contributed by atoms with van der Waals surface area (Å²) >= 11 is 5.89. The zero-order chi connectivity index (χ0) is 16.7. The fourth-order valence-corrected chi connectivity index (χ4v) is 3.15. The topological polar surface area (TPSA) is 77.1 Å². The van der Waals surface area contributed by atoms with E-state index in [1.807, 2.05) is 10.8 Å². The van der Waals surface area contributed by atoms with Gasteiger partial charge in [0.2, 0.25) is 0 Å².